The zero-order valence-electron chi connectivity index (χ0n) is 9.04. The van der Waals surface area contributed by atoms with Crippen LogP contribution in [0.1, 0.15) is 26.0 Å². The quantitative estimate of drug-likeness (QED) is 0.800. The SMILES string of the molecule is CCC(C)OCc1c(Br)cnn1CCF. The van der Waals surface area contributed by atoms with Crippen LogP contribution in [0.4, 0.5) is 4.39 Å². The predicted molar refractivity (Wildman–Crippen MR) is 60.4 cm³/mol. The highest BCUT2D eigenvalue weighted by Crippen LogP contribution is 2.17. The highest BCUT2D eigenvalue weighted by atomic mass is 79.9. The van der Waals surface area contributed by atoms with Crippen LogP contribution in [0.3, 0.4) is 0 Å². The molecule has 0 saturated carbocycles. The number of ether oxygens (including phenoxy) is 1. The van der Waals surface area contributed by atoms with Crippen molar-refractivity contribution in [1.82, 2.24) is 9.78 Å². The van der Waals surface area contributed by atoms with E-state index in [1.807, 2.05) is 6.92 Å². The van der Waals surface area contributed by atoms with E-state index in [0.29, 0.717) is 6.61 Å². The lowest BCUT2D eigenvalue weighted by Gasteiger charge is -2.11. The van der Waals surface area contributed by atoms with Crippen molar-refractivity contribution in [3.63, 3.8) is 0 Å². The third kappa shape index (κ3) is 3.57. The molecule has 0 amide bonds. The number of aryl methyl sites for hydroxylation is 1. The maximum absolute atomic E-state index is 12.2. The van der Waals surface area contributed by atoms with Crippen LogP contribution < -0.4 is 0 Å². The number of aromatic nitrogens is 2. The largest absolute Gasteiger partial charge is 0.372 e. The molecule has 1 heterocycles. The molecular formula is C10H16BrFN2O. The monoisotopic (exact) mass is 278 g/mol. The topological polar surface area (TPSA) is 27.1 Å². The standard InChI is InChI=1S/C10H16BrFN2O/c1-3-8(2)15-7-10-9(11)6-13-14(10)5-4-12/h6,8H,3-5,7H2,1-2H3. The normalized spacial score (nSPS) is 13.1. The van der Waals surface area contributed by atoms with Gasteiger partial charge in [0.05, 0.1) is 35.6 Å². The van der Waals surface area contributed by atoms with Crippen LogP contribution in [0, 0.1) is 0 Å². The zero-order chi connectivity index (χ0) is 11.3. The Labute approximate surface area is 97.7 Å². The Balaban J connectivity index is 2.61. The van der Waals surface area contributed by atoms with E-state index in [2.05, 4.69) is 28.0 Å². The van der Waals surface area contributed by atoms with Gasteiger partial charge >= 0.3 is 0 Å². The van der Waals surface area contributed by atoms with Gasteiger partial charge in [-0.15, -0.1) is 0 Å². The highest BCUT2D eigenvalue weighted by Gasteiger charge is 2.10. The lowest BCUT2D eigenvalue weighted by atomic mass is 10.3. The van der Waals surface area contributed by atoms with Crippen LogP contribution in [0.15, 0.2) is 10.7 Å². The molecule has 1 aromatic rings. The first-order valence-electron chi connectivity index (χ1n) is 5.06. The summed E-state index contributed by atoms with van der Waals surface area (Å²) in [6, 6.07) is 0. The van der Waals surface area contributed by atoms with E-state index in [1.54, 1.807) is 10.9 Å². The predicted octanol–water partition coefficient (Wildman–Crippen LogP) is 2.93. The lowest BCUT2D eigenvalue weighted by Crippen LogP contribution is -2.12. The van der Waals surface area contributed by atoms with E-state index in [4.69, 9.17) is 4.74 Å². The minimum Gasteiger partial charge on any atom is -0.372 e. The smallest absolute Gasteiger partial charge is 0.109 e. The minimum atomic E-state index is -0.412. The van der Waals surface area contributed by atoms with Gasteiger partial charge in [-0.25, -0.2) is 4.39 Å². The molecule has 0 aliphatic heterocycles. The minimum absolute atomic E-state index is 0.214. The fraction of sp³-hybridized carbons (Fsp3) is 0.700. The molecule has 1 unspecified atom stereocenters. The molecule has 5 heteroatoms. The molecule has 1 aromatic heterocycles. The molecule has 0 N–H and O–H groups in total. The summed E-state index contributed by atoms with van der Waals surface area (Å²) in [5.74, 6) is 0. The second-order valence-corrected chi connectivity index (χ2v) is 4.24. The first-order valence-corrected chi connectivity index (χ1v) is 5.86. The van der Waals surface area contributed by atoms with Gasteiger partial charge in [-0.3, -0.25) is 4.68 Å². The summed E-state index contributed by atoms with van der Waals surface area (Å²) in [5, 5.41) is 4.06. The molecule has 0 fully saturated rings. The fourth-order valence-electron chi connectivity index (χ4n) is 1.14. The molecule has 1 rings (SSSR count). The number of nitrogens with zero attached hydrogens (tertiary/aromatic N) is 2. The van der Waals surface area contributed by atoms with Crippen molar-refractivity contribution in [2.24, 2.45) is 0 Å². The Bertz CT molecular complexity index is 304. The van der Waals surface area contributed by atoms with Gasteiger partial charge in [0.1, 0.15) is 6.67 Å². The average Bonchev–Trinajstić information content (AvgIpc) is 2.57. The number of hydrogen-bond acceptors (Lipinski definition) is 2. The van der Waals surface area contributed by atoms with Gasteiger partial charge in [-0.2, -0.15) is 5.10 Å². The van der Waals surface area contributed by atoms with Crippen LogP contribution in [0.5, 0.6) is 0 Å². The molecule has 0 aromatic carbocycles. The van der Waals surface area contributed by atoms with E-state index in [1.165, 1.54) is 0 Å². The van der Waals surface area contributed by atoms with Crippen molar-refractivity contribution in [2.45, 2.75) is 39.5 Å². The summed E-state index contributed by atoms with van der Waals surface area (Å²) in [4.78, 5) is 0. The van der Waals surface area contributed by atoms with Gasteiger partial charge in [-0.1, -0.05) is 6.92 Å². The molecule has 0 radical (unpaired) electrons. The fourth-order valence-corrected chi connectivity index (χ4v) is 1.55. The van der Waals surface area contributed by atoms with E-state index >= 15 is 0 Å². The van der Waals surface area contributed by atoms with E-state index < -0.39 is 6.67 Å². The molecular weight excluding hydrogens is 263 g/mol. The third-order valence-corrected chi connectivity index (χ3v) is 2.94. The summed E-state index contributed by atoms with van der Waals surface area (Å²) in [7, 11) is 0. The van der Waals surface area contributed by atoms with Gasteiger partial charge < -0.3 is 4.74 Å². The van der Waals surface area contributed by atoms with Crippen molar-refractivity contribution >= 4 is 15.9 Å². The zero-order valence-corrected chi connectivity index (χ0v) is 10.6. The molecule has 0 saturated heterocycles. The molecule has 86 valence electrons. The highest BCUT2D eigenvalue weighted by molar-refractivity contribution is 9.10. The molecule has 0 bridgehead atoms. The first-order chi connectivity index (χ1) is 7.19. The van der Waals surface area contributed by atoms with Gasteiger partial charge in [0, 0.05) is 0 Å². The second-order valence-electron chi connectivity index (χ2n) is 3.38. The number of rotatable bonds is 6. The van der Waals surface area contributed by atoms with Crippen LogP contribution in [-0.2, 0) is 17.9 Å². The van der Waals surface area contributed by atoms with Crippen molar-refractivity contribution in [1.29, 1.82) is 0 Å². The summed E-state index contributed by atoms with van der Waals surface area (Å²) >= 11 is 3.37. The lowest BCUT2D eigenvalue weighted by molar-refractivity contribution is 0.0461. The average molecular weight is 279 g/mol. The Morgan fingerprint density at radius 2 is 2.40 bits per heavy atom. The van der Waals surface area contributed by atoms with Gasteiger partial charge in [0.25, 0.3) is 0 Å². The van der Waals surface area contributed by atoms with Crippen molar-refractivity contribution in [3.05, 3.63) is 16.4 Å². The van der Waals surface area contributed by atoms with Crippen LogP contribution in [0.25, 0.3) is 0 Å². The van der Waals surface area contributed by atoms with Gasteiger partial charge in [-0.05, 0) is 29.3 Å². The van der Waals surface area contributed by atoms with Crippen LogP contribution in [0.2, 0.25) is 0 Å². The third-order valence-electron chi connectivity index (χ3n) is 2.27. The summed E-state index contributed by atoms with van der Waals surface area (Å²) in [6.45, 7) is 4.42. The second kappa shape index (κ2) is 6.23. The van der Waals surface area contributed by atoms with Crippen molar-refractivity contribution < 1.29 is 9.13 Å². The Hall–Kier alpha value is -0.420. The van der Waals surface area contributed by atoms with E-state index in [0.717, 1.165) is 16.6 Å². The van der Waals surface area contributed by atoms with Gasteiger partial charge in [0.2, 0.25) is 0 Å². The Kier molecular flexibility index (Phi) is 5.25. The molecule has 1 atom stereocenters. The number of alkyl halides is 1. The summed E-state index contributed by atoms with van der Waals surface area (Å²) in [6.07, 6.45) is 2.85. The van der Waals surface area contributed by atoms with Crippen LogP contribution >= 0.6 is 15.9 Å². The summed E-state index contributed by atoms with van der Waals surface area (Å²) < 4.78 is 20.3. The Morgan fingerprint density at radius 3 is 3.00 bits per heavy atom. The first kappa shape index (κ1) is 12.6. The molecule has 0 aliphatic carbocycles. The van der Waals surface area contributed by atoms with Gasteiger partial charge in [0.15, 0.2) is 0 Å². The molecule has 3 nitrogen and oxygen atoms in total. The van der Waals surface area contributed by atoms with E-state index in [-0.39, 0.29) is 12.6 Å². The molecule has 0 spiro atoms. The summed E-state index contributed by atoms with van der Waals surface area (Å²) in [5.41, 5.74) is 0.896. The number of halogens is 2. The van der Waals surface area contributed by atoms with E-state index in [9.17, 15) is 4.39 Å². The Morgan fingerprint density at radius 1 is 1.67 bits per heavy atom. The molecule has 15 heavy (non-hydrogen) atoms. The maximum atomic E-state index is 12.2. The van der Waals surface area contributed by atoms with Crippen molar-refractivity contribution in [2.75, 3.05) is 6.67 Å². The maximum Gasteiger partial charge on any atom is 0.109 e. The van der Waals surface area contributed by atoms with Crippen molar-refractivity contribution in [3.8, 4) is 0 Å². The number of hydrogen-bond donors (Lipinski definition) is 0. The molecule has 0 aliphatic rings. The van der Waals surface area contributed by atoms with Crippen LogP contribution in [-0.4, -0.2) is 22.6 Å².